The van der Waals surface area contributed by atoms with Gasteiger partial charge in [-0.15, -0.1) is 0 Å². The summed E-state index contributed by atoms with van der Waals surface area (Å²) in [5, 5.41) is 10.0. The zero-order valence-corrected chi connectivity index (χ0v) is 9.68. The second-order valence-corrected chi connectivity index (χ2v) is 4.22. The average Bonchev–Trinajstić information content (AvgIpc) is 2.81. The van der Waals surface area contributed by atoms with Gasteiger partial charge in [-0.05, 0) is 42.0 Å². The van der Waals surface area contributed by atoms with Crippen LogP contribution in [-0.4, -0.2) is 9.67 Å². The summed E-state index contributed by atoms with van der Waals surface area (Å²) in [7, 11) is 0. The van der Waals surface area contributed by atoms with Gasteiger partial charge in [0, 0.05) is 17.3 Å². The molecule has 0 aliphatic carbocycles. The van der Waals surface area contributed by atoms with Gasteiger partial charge in [-0.3, -0.25) is 0 Å². The molecule has 0 fully saturated rings. The fraction of sp³-hybridized carbons (Fsp3) is 0.0667. The molecule has 1 aromatic heterocycles. The third-order valence-corrected chi connectivity index (χ3v) is 3.02. The summed E-state index contributed by atoms with van der Waals surface area (Å²) < 4.78 is 15.1. The van der Waals surface area contributed by atoms with Gasteiger partial charge in [0.1, 0.15) is 5.82 Å². The topological polar surface area (TPSA) is 25.2 Å². The molecule has 2 nitrogen and oxygen atoms in total. The van der Waals surface area contributed by atoms with Crippen molar-refractivity contribution in [1.29, 1.82) is 0 Å². The zero-order valence-electron chi connectivity index (χ0n) is 9.68. The summed E-state index contributed by atoms with van der Waals surface area (Å²) in [6, 6.07) is 14.3. The second-order valence-electron chi connectivity index (χ2n) is 4.22. The highest BCUT2D eigenvalue weighted by Gasteiger charge is 2.04. The maximum atomic E-state index is 13.1. The van der Waals surface area contributed by atoms with E-state index in [0.717, 1.165) is 22.2 Å². The molecule has 0 aliphatic heterocycles. The molecule has 0 atom stereocenters. The van der Waals surface area contributed by atoms with E-state index in [1.807, 2.05) is 41.1 Å². The van der Waals surface area contributed by atoms with E-state index in [2.05, 4.69) is 0 Å². The van der Waals surface area contributed by atoms with E-state index in [4.69, 9.17) is 5.11 Å². The van der Waals surface area contributed by atoms with Crippen LogP contribution in [0.1, 0.15) is 5.56 Å². The van der Waals surface area contributed by atoms with Gasteiger partial charge in [-0.2, -0.15) is 0 Å². The van der Waals surface area contributed by atoms with Crippen LogP contribution in [0.15, 0.2) is 54.7 Å². The molecule has 3 aromatic rings. The number of fused-ring (bicyclic) bond motifs is 1. The van der Waals surface area contributed by atoms with Crippen molar-refractivity contribution < 1.29 is 9.50 Å². The van der Waals surface area contributed by atoms with Crippen LogP contribution >= 0.6 is 0 Å². The van der Waals surface area contributed by atoms with Crippen molar-refractivity contribution in [2.24, 2.45) is 0 Å². The number of aliphatic hydroxyl groups is 1. The fourth-order valence-corrected chi connectivity index (χ4v) is 2.14. The summed E-state index contributed by atoms with van der Waals surface area (Å²) in [5.41, 5.74) is 2.77. The SMILES string of the molecule is OCc1cccc(-n2ccc3cc(F)ccc32)c1. The standard InChI is InChI=1S/C15H12FNO/c16-13-4-5-15-12(9-13)6-7-17(15)14-3-1-2-11(8-14)10-18/h1-9,18H,10H2. The number of aromatic nitrogens is 1. The van der Waals surface area contributed by atoms with Crippen LogP contribution in [-0.2, 0) is 6.61 Å². The average molecular weight is 241 g/mol. The molecule has 90 valence electrons. The lowest BCUT2D eigenvalue weighted by Crippen LogP contribution is -1.93. The maximum absolute atomic E-state index is 13.1. The lowest BCUT2D eigenvalue weighted by molar-refractivity contribution is 0.282. The second kappa shape index (κ2) is 4.27. The number of hydrogen-bond donors (Lipinski definition) is 1. The Morgan fingerprint density at radius 1 is 1.06 bits per heavy atom. The minimum Gasteiger partial charge on any atom is -0.392 e. The molecule has 0 unspecified atom stereocenters. The predicted octanol–water partition coefficient (Wildman–Crippen LogP) is 3.26. The highest BCUT2D eigenvalue weighted by atomic mass is 19.1. The molecular formula is C15H12FNO. The number of halogens is 1. The lowest BCUT2D eigenvalue weighted by Gasteiger charge is -2.07. The minimum absolute atomic E-state index is 0.0155. The summed E-state index contributed by atoms with van der Waals surface area (Å²) in [4.78, 5) is 0. The predicted molar refractivity (Wildman–Crippen MR) is 69.2 cm³/mol. The Hall–Kier alpha value is -2.13. The van der Waals surface area contributed by atoms with Crippen LogP contribution in [0.2, 0.25) is 0 Å². The van der Waals surface area contributed by atoms with Crippen molar-refractivity contribution in [2.45, 2.75) is 6.61 Å². The van der Waals surface area contributed by atoms with Gasteiger partial charge in [0.15, 0.2) is 0 Å². The van der Waals surface area contributed by atoms with Gasteiger partial charge in [0.2, 0.25) is 0 Å². The van der Waals surface area contributed by atoms with Gasteiger partial charge in [-0.25, -0.2) is 4.39 Å². The van der Waals surface area contributed by atoms with Crippen molar-refractivity contribution in [3.8, 4) is 5.69 Å². The highest BCUT2D eigenvalue weighted by molar-refractivity contribution is 5.82. The Kier molecular flexibility index (Phi) is 2.61. The number of aliphatic hydroxyl groups excluding tert-OH is 1. The Labute approximate surface area is 104 Å². The van der Waals surface area contributed by atoms with Gasteiger partial charge in [0.25, 0.3) is 0 Å². The van der Waals surface area contributed by atoms with E-state index in [9.17, 15) is 4.39 Å². The number of benzene rings is 2. The molecule has 18 heavy (non-hydrogen) atoms. The van der Waals surface area contributed by atoms with Crippen LogP contribution in [0.5, 0.6) is 0 Å². The molecule has 0 aliphatic rings. The van der Waals surface area contributed by atoms with Crippen molar-refractivity contribution in [3.05, 3.63) is 66.1 Å². The Bertz CT molecular complexity index is 703. The van der Waals surface area contributed by atoms with E-state index >= 15 is 0 Å². The molecule has 0 radical (unpaired) electrons. The first kappa shape index (κ1) is 11.0. The smallest absolute Gasteiger partial charge is 0.123 e. The van der Waals surface area contributed by atoms with Crippen molar-refractivity contribution in [3.63, 3.8) is 0 Å². The molecule has 2 aromatic carbocycles. The number of rotatable bonds is 2. The highest BCUT2D eigenvalue weighted by Crippen LogP contribution is 2.21. The van der Waals surface area contributed by atoms with E-state index in [1.54, 1.807) is 6.07 Å². The van der Waals surface area contributed by atoms with E-state index < -0.39 is 0 Å². The third-order valence-electron chi connectivity index (χ3n) is 3.02. The van der Waals surface area contributed by atoms with Crippen LogP contribution in [0, 0.1) is 5.82 Å². The summed E-state index contributed by atoms with van der Waals surface area (Å²) in [6.45, 7) is 0.0155. The molecular weight excluding hydrogens is 229 g/mol. The Morgan fingerprint density at radius 3 is 2.78 bits per heavy atom. The normalized spacial score (nSPS) is 11.0. The molecule has 1 heterocycles. The van der Waals surface area contributed by atoms with E-state index in [-0.39, 0.29) is 12.4 Å². The molecule has 0 saturated heterocycles. The van der Waals surface area contributed by atoms with Crippen LogP contribution in [0.25, 0.3) is 16.6 Å². The van der Waals surface area contributed by atoms with Crippen LogP contribution in [0.3, 0.4) is 0 Å². The first-order valence-corrected chi connectivity index (χ1v) is 5.75. The molecule has 3 heteroatoms. The molecule has 1 N–H and O–H groups in total. The molecule has 0 bridgehead atoms. The third kappa shape index (κ3) is 1.79. The van der Waals surface area contributed by atoms with Crippen LogP contribution in [0.4, 0.5) is 4.39 Å². The fourth-order valence-electron chi connectivity index (χ4n) is 2.14. The maximum Gasteiger partial charge on any atom is 0.123 e. The van der Waals surface area contributed by atoms with Crippen molar-refractivity contribution in [2.75, 3.05) is 0 Å². The molecule has 0 amide bonds. The quantitative estimate of drug-likeness (QED) is 0.732. The van der Waals surface area contributed by atoms with Gasteiger partial charge < -0.3 is 9.67 Å². The van der Waals surface area contributed by atoms with E-state index in [0.29, 0.717) is 0 Å². The van der Waals surface area contributed by atoms with E-state index in [1.165, 1.54) is 12.1 Å². The number of nitrogens with zero attached hydrogens (tertiary/aromatic N) is 1. The molecule has 0 saturated carbocycles. The summed E-state index contributed by atoms with van der Waals surface area (Å²) in [6.07, 6.45) is 1.90. The first-order chi connectivity index (χ1) is 8.78. The number of hydrogen-bond acceptors (Lipinski definition) is 1. The van der Waals surface area contributed by atoms with Crippen molar-refractivity contribution in [1.82, 2.24) is 4.57 Å². The van der Waals surface area contributed by atoms with Gasteiger partial charge in [-0.1, -0.05) is 12.1 Å². The first-order valence-electron chi connectivity index (χ1n) is 5.75. The Morgan fingerprint density at radius 2 is 1.94 bits per heavy atom. The van der Waals surface area contributed by atoms with Crippen molar-refractivity contribution >= 4 is 10.9 Å². The zero-order chi connectivity index (χ0) is 12.5. The summed E-state index contributed by atoms with van der Waals surface area (Å²) in [5.74, 6) is -0.232. The Balaban J connectivity index is 2.19. The van der Waals surface area contributed by atoms with Gasteiger partial charge in [0.05, 0.1) is 12.1 Å². The van der Waals surface area contributed by atoms with Crippen LogP contribution < -0.4 is 0 Å². The molecule has 0 spiro atoms. The molecule has 3 rings (SSSR count). The van der Waals surface area contributed by atoms with Gasteiger partial charge >= 0.3 is 0 Å². The summed E-state index contributed by atoms with van der Waals surface area (Å²) >= 11 is 0. The monoisotopic (exact) mass is 241 g/mol. The minimum atomic E-state index is -0.232. The lowest BCUT2D eigenvalue weighted by atomic mass is 10.2. The largest absolute Gasteiger partial charge is 0.392 e.